The number of hydrogen-bond acceptors (Lipinski definition) is 4. The molecule has 6 heteroatoms. The quantitative estimate of drug-likeness (QED) is 0.728. The van der Waals surface area contributed by atoms with Crippen molar-refractivity contribution in [3.63, 3.8) is 0 Å². The normalized spacial score (nSPS) is 10.9. The van der Waals surface area contributed by atoms with Gasteiger partial charge < -0.3 is 0 Å². The molecule has 3 aromatic rings. The van der Waals surface area contributed by atoms with Crippen LogP contribution in [0.4, 0.5) is 5.13 Å². The smallest absolute Gasteiger partial charge is 0.228 e. The van der Waals surface area contributed by atoms with Crippen LogP contribution in [0.5, 0.6) is 0 Å². The van der Waals surface area contributed by atoms with Gasteiger partial charge in [0, 0.05) is 25.4 Å². The summed E-state index contributed by atoms with van der Waals surface area (Å²) < 4.78 is 2.92. The van der Waals surface area contributed by atoms with Crippen LogP contribution in [0.2, 0.25) is 0 Å². The van der Waals surface area contributed by atoms with Gasteiger partial charge in [0.15, 0.2) is 5.13 Å². The molecule has 0 atom stereocenters. The molecule has 0 aliphatic heterocycles. The number of benzene rings is 1. The van der Waals surface area contributed by atoms with Gasteiger partial charge in [0.2, 0.25) is 5.91 Å². The molecule has 0 aliphatic carbocycles. The predicted molar refractivity (Wildman–Crippen MR) is 84.5 cm³/mol. The Hall–Kier alpha value is -2.21. The number of amides is 1. The van der Waals surface area contributed by atoms with E-state index in [-0.39, 0.29) is 5.91 Å². The van der Waals surface area contributed by atoms with Crippen molar-refractivity contribution in [3.05, 3.63) is 42.7 Å². The molecule has 5 nitrogen and oxygen atoms in total. The molecular weight excluding hydrogens is 284 g/mol. The second kappa shape index (κ2) is 6.05. The predicted octanol–water partition coefficient (Wildman–Crippen LogP) is 2.94. The Morgan fingerprint density at radius 2 is 2.19 bits per heavy atom. The topological polar surface area (TPSA) is 51.0 Å². The Bertz CT molecular complexity index is 702. The number of hydrogen-bond donors (Lipinski definition) is 0. The molecule has 2 heterocycles. The Morgan fingerprint density at radius 1 is 1.33 bits per heavy atom. The molecule has 0 saturated heterocycles. The van der Waals surface area contributed by atoms with E-state index in [0.29, 0.717) is 19.5 Å². The van der Waals surface area contributed by atoms with Crippen LogP contribution in [0.15, 0.2) is 42.7 Å². The van der Waals surface area contributed by atoms with Gasteiger partial charge in [-0.1, -0.05) is 30.4 Å². The first-order valence-electron chi connectivity index (χ1n) is 6.91. The van der Waals surface area contributed by atoms with E-state index in [0.717, 1.165) is 15.3 Å². The summed E-state index contributed by atoms with van der Waals surface area (Å²) in [6, 6.07) is 9.82. The Balaban J connectivity index is 1.85. The molecule has 2 aromatic heterocycles. The maximum Gasteiger partial charge on any atom is 0.228 e. The summed E-state index contributed by atoms with van der Waals surface area (Å²) in [7, 11) is 0. The summed E-state index contributed by atoms with van der Waals surface area (Å²) in [6.07, 6.45) is 4.10. The molecule has 3 rings (SSSR count). The summed E-state index contributed by atoms with van der Waals surface area (Å²) in [5.74, 6) is 0.0845. The Kier molecular flexibility index (Phi) is 3.96. The van der Waals surface area contributed by atoms with Gasteiger partial charge >= 0.3 is 0 Å². The third-order valence-electron chi connectivity index (χ3n) is 3.23. The summed E-state index contributed by atoms with van der Waals surface area (Å²) in [5, 5.41) is 4.93. The van der Waals surface area contributed by atoms with Gasteiger partial charge in [-0.25, -0.2) is 4.98 Å². The second-order valence-electron chi connectivity index (χ2n) is 4.63. The third kappa shape index (κ3) is 2.95. The zero-order valence-corrected chi connectivity index (χ0v) is 12.6. The number of carbonyl (C=O) groups is 1. The lowest BCUT2D eigenvalue weighted by molar-refractivity contribution is -0.118. The molecule has 21 heavy (non-hydrogen) atoms. The highest BCUT2D eigenvalue weighted by atomic mass is 32.1. The first-order chi connectivity index (χ1) is 10.3. The molecule has 0 radical (unpaired) electrons. The number of nitrogens with zero attached hydrogens (tertiary/aromatic N) is 4. The van der Waals surface area contributed by atoms with Crippen LogP contribution in [0, 0.1) is 0 Å². The number of rotatable bonds is 5. The second-order valence-corrected chi connectivity index (χ2v) is 5.64. The zero-order chi connectivity index (χ0) is 14.7. The van der Waals surface area contributed by atoms with Crippen molar-refractivity contribution < 1.29 is 4.79 Å². The van der Waals surface area contributed by atoms with Crippen LogP contribution in [0.25, 0.3) is 10.2 Å². The fourth-order valence-corrected chi connectivity index (χ4v) is 3.14. The molecule has 0 saturated carbocycles. The first-order valence-corrected chi connectivity index (χ1v) is 7.73. The fraction of sp³-hybridized carbons (Fsp3) is 0.267. The summed E-state index contributed by atoms with van der Waals surface area (Å²) in [5.41, 5.74) is 0.936. The highest BCUT2D eigenvalue weighted by molar-refractivity contribution is 7.22. The average Bonchev–Trinajstić information content (AvgIpc) is 3.15. The van der Waals surface area contributed by atoms with Gasteiger partial charge in [-0.3, -0.25) is 14.4 Å². The number of carbonyl (C=O) groups excluding carboxylic acids is 1. The van der Waals surface area contributed by atoms with E-state index in [1.165, 1.54) is 0 Å². The highest BCUT2D eigenvalue weighted by Crippen LogP contribution is 2.28. The van der Waals surface area contributed by atoms with E-state index < -0.39 is 0 Å². The lowest BCUT2D eigenvalue weighted by Crippen LogP contribution is -2.33. The maximum absolute atomic E-state index is 12.2. The van der Waals surface area contributed by atoms with Gasteiger partial charge in [0.05, 0.1) is 16.8 Å². The van der Waals surface area contributed by atoms with Crippen LogP contribution in [0.3, 0.4) is 0 Å². The third-order valence-corrected chi connectivity index (χ3v) is 4.29. The maximum atomic E-state index is 12.2. The highest BCUT2D eigenvalue weighted by Gasteiger charge is 2.18. The monoisotopic (exact) mass is 300 g/mol. The minimum atomic E-state index is 0.0845. The van der Waals surface area contributed by atoms with E-state index in [9.17, 15) is 4.79 Å². The van der Waals surface area contributed by atoms with Gasteiger partial charge in [-0.2, -0.15) is 5.10 Å². The van der Waals surface area contributed by atoms with Crippen LogP contribution in [-0.2, 0) is 11.3 Å². The molecule has 108 valence electrons. The van der Waals surface area contributed by atoms with E-state index in [1.54, 1.807) is 22.4 Å². The van der Waals surface area contributed by atoms with Crippen LogP contribution in [0.1, 0.15) is 13.3 Å². The van der Waals surface area contributed by atoms with Crippen molar-refractivity contribution in [2.75, 3.05) is 11.4 Å². The van der Waals surface area contributed by atoms with E-state index in [1.807, 2.05) is 48.1 Å². The largest absolute Gasteiger partial charge is 0.286 e. The summed E-state index contributed by atoms with van der Waals surface area (Å²) in [6.45, 7) is 3.11. The number of para-hydroxylation sites is 1. The lowest BCUT2D eigenvalue weighted by atomic mass is 10.3. The summed E-state index contributed by atoms with van der Waals surface area (Å²) >= 11 is 1.55. The number of fused-ring (bicyclic) bond motifs is 1. The van der Waals surface area contributed by atoms with Crippen molar-refractivity contribution >= 4 is 32.6 Å². The number of thiazole rings is 1. The molecule has 0 fully saturated rings. The van der Waals surface area contributed by atoms with Crippen molar-refractivity contribution in [2.24, 2.45) is 0 Å². The Morgan fingerprint density at radius 3 is 2.90 bits per heavy atom. The van der Waals surface area contributed by atoms with Crippen LogP contribution in [-0.4, -0.2) is 27.2 Å². The van der Waals surface area contributed by atoms with E-state index in [2.05, 4.69) is 10.1 Å². The summed E-state index contributed by atoms with van der Waals surface area (Å²) in [4.78, 5) is 18.5. The van der Waals surface area contributed by atoms with Crippen molar-refractivity contribution in [1.82, 2.24) is 14.8 Å². The standard InChI is InChI=1S/C15H16N4OS/c1-2-14(20)19(11-10-18-9-5-8-16-18)15-17-12-6-3-4-7-13(12)21-15/h3-9H,2,10-11H2,1H3. The van der Waals surface area contributed by atoms with Gasteiger partial charge in [0.1, 0.15) is 0 Å². The molecule has 1 amide bonds. The molecule has 0 bridgehead atoms. The van der Waals surface area contributed by atoms with Crippen molar-refractivity contribution in [1.29, 1.82) is 0 Å². The van der Waals surface area contributed by atoms with Crippen molar-refractivity contribution in [2.45, 2.75) is 19.9 Å². The van der Waals surface area contributed by atoms with Gasteiger partial charge in [-0.05, 0) is 18.2 Å². The fourth-order valence-electron chi connectivity index (χ4n) is 2.13. The molecule has 1 aromatic carbocycles. The van der Waals surface area contributed by atoms with E-state index >= 15 is 0 Å². The average molecular weight is 300 g/mol. The van der Waals surface area contributed by atoms with Crippen LogP contribution < -0.4 is 4.90 Å². The van der Waals surface area contributed by atoms with E-state index in [4.69, 9.17) is 0 Å². The number of anilines is 1. The Labute approximate surface area is 126 Å². The minimum Gasteiger partial charge on any atom is -0.286 e. The molecular formula is C15H16N4OS. The molecule has 0 unspecified atom stereocenters. The molecule has 0 spiro atoms. The van der Waals surface area contributed by atoms with Gasteiger partial charge in [-0.15, -0.1) is 0 Å². The SMILES string of the molecule is CCC(=O)N(CCn1cccn1)c1nc2ccccc2s1. The zero-order valence-electron chi connectivity index (χ0n) is 11.8. The number of aromatic nitrogens is 3. The molecule has 0 N–H and O–H groups in total. The van der Waals surface area contributed by atoms with Gasteiger partial charge in [0.25, 0.3) is 0 Å². The van der Waals surface area contributed by atoms with Crippen LogP contribution >= 0.6 is 11.3 Å². The lowest BCUT2D eigenvalue weighted by Gasteiger charge is -2.19. The first kappa shape index (κ1) is 13.8. The molecule has 0 aliphatic rings. The van der Waals surface area contributed by atoms with Crippen molar-refractivity contribution in [3.8, 4) is 0 Å². The minimum absolute atomic E-state index is 0.0845.